The fraction of sp³-hybridized carbons (Fsp3) is 0.435. The van der Waals surface area contributed by atoms with Crippen molar-refractivity contribution in [2.45, 2.75) is 44.1 Å². The van der Waals surface area contributed by atoms with Crippen LogP contribution >= 0.6 is 0 Å². The molecule has 0 aromatic heterocycles. The number of amides is 1. The summed E-state index contributed by atoms with van der Waals surface area (Å²) in [6, 6.07) is 16.6. The van der Waals surface area contributed by atoms with Gasteiger partial charge in [0.1, 0.15) is 5.75 Å². The molecule has 2 aromatic rings. The predicted octanol–water partition coefficient (Wildman–Crippen LogP) is 3.42. The summed E-state index contributed by atoms with van der Waals surface area (Å²) in [4.78, 5) is 13.3. The van der Waals surface area contributed by atoms with Crippen LogP contribution in [0.2, 0.25) is 0 Å². The Balaban J connectivity index is 1.47. The van der Waals surface area contributed by atoms with Gasteiger partial charge in [0.25, 0.3) is 0 Å². The monoisotopic (exact) mass is 365 g/mol. The van der Waals surface area contributed by atoms with Gasteiger partial charge in [-0.1, -0.05) is 42.5 Å². The highest BCUT2D eigenvalue weighted by Gasteiger charge is 2.41. The molecule has 142 valence electrons. The quantitative estimate of drug-likeness (QED) is 0.883. The number of hydrogen-bond donors (Lipinski definition) is 1. The molecule has 1 fully saturated rings. The van der Waals surface area contributed by atoms with E-state index in [2.05, 4.69) is 42.6 Å². The minimum absolute atomic E-state index is 0.0707. The number of benzene rings is 2. The van der Waals surface area contributed by atoms with Crippen LogP contribution in [0.3, 0.4) is 0 Å². The Morgan fingerprint density at radius 1 is 1.11 bits per heavy atom. The van der Waals surface area contributed by atoms with Gasteiger partial charge in [0.15, 0.2) is 0 Å². The average Bonchev–Trinajstić information content (AvgIpc) is 3.17. The van der Waals surface area contributed by atoms with Crippen molar-refractivity contribution in [3.63, 3.8) is 0 Å². The lowest BCUT2D eigenvalue weighted by molar-refractivity contribution is -0.131. The van der Waals surface area contributed by atoms with E-state index in [4.69, 9.17) is 9.47 Å². The lowest BCUT2D eigenvalue weighted by Crippen LogP contribution is -2.50. The van der Waals surface area contributed by atoms with Gasteiger partial charge in [0, 0.05) is 25.7 Å². The minimum atomic E-state index is -0.487. The Morgan fingerprint density at radius 2 is 1.89 bits per heavy atom. The van der Waals surface area contributed by atoms with Crippen LogP contribution in [-0.2, 0) is 27.8 Å². The SMILES string of the molecule is CC(Cc1ccc2c(c1)CCO2)NC(=O)C1(c2ccccc2)CCOCC1. The summed E-state index contributed by atoms with van der Waals surface area (Å²) < 4.78 is 11.1. The summed E-state index contributed by atoms with van der Waals surface area (Å²) in [5.41, 5.74) is 3.12. The smallest absolute Gasteiger partial charge is 0.231 e. The molecule has 2 heterocycles. The zero-order chi connectivity index (χ0) is 18.7. The molecule has 0 aliphatic carbocycles. The summed E-state index contributed by atoms with van der Waals surface area (Å²) in [5, 5.41) is 3.28. The van der Waals surface area contributed by atoms with E-state index in [0.717, 1.165) is 43.6 Å². The van der Waals surface area contributed by atoms with Crippen LogP contribution in [0.5, 0.6) is 5.75 Å². The molecule has 4 nitrogen and oxygen atoms in total. The van der Waals surface area contributed by atoms with Crippen molar-refractivity contribution < 1.29 is 14.3 Å². The van der Waals surface area contributed by atoms with Gasteiger partial charge in [-0.2, -0.15) is 0 Å². The van der Waals surface area contributed by atoms with Gasteiger partial charge in [-0.25, -0.2) is 0 Å². The molecule has 1 amide bonds. The van der Waals surface area contributed by atoms with E-state index < -0.39 is 5.41 Å². The second-order valence-electron chi connectivity index (χ2n) is 7.68. The standard InChI is InChI=1S/C23H27NO3/c1-17(15-18-7-8-21-19(16-18)9-12-27-21)24-22(25)23(10-13-26-14-11-23)20-5-3-2-4-6-20/h2-8,16-17H,9-15H2,1H3,(H,24,25). The van der Waals surface area contributed by atoms with Crippen LogP contribution in [0, 0.1) is 0 Å². The maximum atomic E-state index is 13.3. The molecular formula is C23H27NO3. The van der Waals surface area contributed by atoms with Gasteiger partial charge in [-0.05, 0) is 48.9 Å². The van der Waals surface area contributed by atoms with E-state index in [1.165, 1.54) is 11.1 Å². The van der Waals surface area contributed by atoms with Crippen LogP contribution < -0.4 is 10.1 Å². The highest BCUT2D eigenvalue weighted by molar-refractivity contribution is 5.88. The Bertz CT molecular complexity index is 797. The zero-order valence-corrected chi connectivity index (χ0v) is 15.9. The van der Waals surface area contributed by atoms with Gasteiger partial charge in [-0.15, -0.1) is 0 Å². The predicted molar refractivity (Wildman–Crippen MR) is 105 cm³/mol. The third-order valence-corrected chi connectivity index (χ3v) is 5.78. The van der Waals surface area contributed by atoms with Crippen molar-refractivity contribution >= 4 is 5.91 Å². The number of carbonyl (C=O) groups is 1. The third-order valence-electron chi connectivity index (χ3n) is 5.78. The topological polar surface area (TPSA) is 47.6 Å². The van der Waals surface area contributed by atoms with Crippen molar-refractivity contribution in [2.75, 3.05) is 19.8 Å². The summed E-state index contributed by atoms with van der Waals surface area (Å²) in [6.45, 7) is 4.11. The summed E-state index contributed by atoms with van der Waals surface area (Å²) in [6.07, 6.45) is 3.25. The Kier molecular flexibility index (Phi) is 5.17. The van der Waals surface area contributed by atoms with Crippen molar-refractivity contribution in [2.24, 2.45) is 0 Å². The van der Waals surface area contributed by atoms with E-state index in [1.54, 1.807) is 0 Å². The maximum Gasteiger partial charge on any atom is 0.231 e. The lowest BCUT2D eigenvalue weighted by atomic mass is 9.73. The Labute approximate surface area is 160 Å². The summed E-state index contributed by atoms with van der Waals surface area (Å²) >= 11 is 0. The van der Waals surface area contributed by atoms with Crippen molar-refractivity contribution in [1.82, 2.24) is 5.32 Å². The largest absolute Gasteiger partial charge is 0.493 e. The van der Waals surface area contributed by atoms with E-state index in [1.807, 2.05) is 18.2 Å². The van der Waals surface area contributed by atoms with Crippen molar-refractivity contribution in [3.05, 3.63) is 65.2 Å². The number of hydrogen-bond acceptors (Lipinski definition) is 3. The molecule has 27 heavy (non-hydrogen) atoms. The Morgan fingerprint density at radius 3 is 2.67 bits per heavy atom. The molecule has 1 atom stereocenters. The van der Waals surface area contributed by atoms with Crippen LogP contribution in [0.4, 0.5) is 0 Å². The normalized spacial score (nSPS) is 19.0. The summed E-state index contributed by atoms with van der Waals surface area (Å²) in [5.74, 6) is 1.12. The van der Waals surface area contributed by atoms with Crippen LogP contribution in [0.1, 0.15) is 36.5 Å². The first kappa shape index (κ1) is 18.1. The van der Waals surface area contributed by atoms with Crippen molar-refractivity contribution in [3.8, 4) is 5.75 Å². The van der Waals surface area contributed by atoms with Gasteiger partial charge in [-0.3, -0.25) is 4.79 Å². The second kappa shape index (κ2) is 7.73. The number of rotatable bonds is 5. The van der Waals surface area contributed by atoms with Gasteiger partial charge in [0.2, 0.25) is 5.91 Å². The van der Waals surface area contributed by atoms with E-state index in [9.17, 15) is 4.79 Å². The molecule has 1 unspecified atom stereocenters. The van der Waals surface area contributed by atoms with Crippen molar-refractivity contribution in [1.29, 1.82) is 0 Å². The highest BCUT2D eigenvalue weighted by Crippen LogP contribution is 2.35. The molecule has 0 spiro atoms. The van der Waals surface area contributed by atoms with Gasteiger partial charge < -0.3 is 14.8 Å². The van der Waals surface area contributed by atoms with Crippen LogP contribution in [0.25, 0.3) is 0 Å². The first-order chi connectivity index (χ1) is 13.2. The van der Waals surface area contributed by atoms with Gasteiger partial charge >= 0.3 is 0 Å². The molecule has 2 aromatic carbocycles. The second-order valence-corrected chi connectivity index (χ2v) is 7.68. The maximum absolute atomic E-state index is 13.3. The Hall–Kier alpha value is -2.33. The molecule has 0 bridgehead atoms. The molecule has 0 saturated carbocycles. The van der Waals surface area contributed by atoms with Crippen LogP contribution in [-0.4, -0.2) is 31.8 Å². The molecule has 4 rings (SSSR count). The molecule has 1 saturated heterocycles. The highest BCUT2D eigenvalue weighted by atomic mass is 16.5. The zero-order valence-electron chi connectivity index (χ0n) is 15.9. The molecule has 2 aliphatic rings. The lowest BCUT2D eigenvalue weighted by Gasteiger charge is -2.37. The van der Waals surface area contributed by atoms with E-state index in [-0.39, 0.29) is 11.9 Å². The van der Waals surface area contributed by atoms with E-state index >= 15 is 0 Å². The number of fused-ring (bicyclic) bond motifs is 1. The molecule has 4 heteroatoms. The third kappa shape index (κ3) is 3.72. The first-order valence-corrected chi connectivity index (χ1v) is 9.86. The summed E-state index contributed by atoms with van der Waals surface area (Å²) in [7, 11) is 0. The molecule has 2 aliphatic heterocycles. The van der Waals surface area contributed by atoms with Gasteiger partial charge in [0.05, 0.1) is 12.0 Å². The minimum Gasteiger partial charge on any atom is -0.493 e. The molecule has 0 radical (unpaired) electrons. The number of carbonyl (C=O) groups excluding carboxylic acids is 1. The molecular weight excluding hydrogens is 338 g/mol. The number of nitrogens with one attached hydrogen (secondary N) is 1. The number of ether oxygens (including phenoxy) is 2. The fourth-order valence-corrected chi connectivity index (χ4v) is 4.26. The van der Waals surface area contributed by atoms with E-state index in [0.29, 0.717) is 13.2 Å². The molecule has 1 N–H and O–H groups in total. The average molecular weight is 365 g/mol. The fourth-order valence-electron chi connectivity index (χ4n) is 4.26. The first-order valence-electron chi connectivity index (χ1n) is 9.86. The van der Waals surface area contributed by atoms with Crippen LogP contribution in [0.15, 0.2) is 48.5 Å².